The van der Waals surface area contributed by atoms with Crippen molar-refractivity contribution < 1.29 is 19.1 Å². The fourth-order valence-electron chi connectivity index (χ4n) is 9.78. The molecular formula is C28H36O4. The highest BCUT2D eigenvalue weighted by Gasteiger charge is 2.90. The normalized spacial score (nSPS) is 48.4. The van der Waals surface area contributed by atoms with Crippen molar-refractivity contribution in [1.29, 1.82) is 0 Å². The van der Waals surface area contributed by atoms with Gasteiger partial charge in [-0.2, -0.15) is 0 Å². The van der Waals surface area contributed by atoms with E-state index in [0.717, 1.165) is 64.2 Å². The third-order valence-corrected chi connectivity index (χ3v) is 10.8. The van der Waals surface area contributed by atoms with Crippen molar-refractivity contribution in [3.8, 4) is 0 Å². The van der Waals surface area contributed by atoms with Gasteiger partial charge in [-0.3, -0.25) is 9.59 Å². The van der Waals surface area contributed by atoms with E-state index in [1.165, 1.54) is 12.8 Å². The maximum absolute atomic E-state index is 14.2. The molecule has 0 aliphatic heterocycles. The smallest absolute Gasteiger partial charge is 0.314 e. The molecule has 4 nitrogen and oxygen atoms in total. The van der Waals surface area contributed by atoms with Gasteiger partial charge in [0.25, 0.3) is 0 Å². The van der Waals surface area contributed by atoms with E-state index in [1.54, 1.807) is 0 Å². The number of fused-ring (bicyclic) bond motifs is 12. The standard InChI is InChI=1S/C28H36O4/c29-25(31-21-7-3-1-4-8-21)27-19-13-11-17(15-19)23(27)24-18-12-14-20(16-18)28(24,27)26(30)32-22-9-5-2-6-10-22/h11-14,17-24H,1-10,15-16H2. The maximum Gasteiger partial charge on any atom is 0.314 e. The maximum atomic E-state index is 14.2. The van der Waals surface area contributed by atoms with E-state index in [9.17, 15) is 9.59 Å². The van der Waals surface area contributed by atoms with Crippen LogP contribution in [-0.2, 0) is 19.1 Å². The molecule has 172 valence electrons. The first kappa shape index (κ1) is 19.9. The van der Waals surface area contributed by atoms with Crippen molar-refractivity contribution in [1.82, 2.24) is 0 Å². The lowest BCUT2D eigenvalue weighted by Gasteiger charge is -2.67. The third kappa shape index (κ3) is 2.25. The Morgan fingerprint density at radius 1 is 0.594 bits per heavy atom. The number of carbonyl (C=O) groups excluding carboxylic acids is 2. The van der Waals surface area contributed by atoms with E-state index in [4.69, 9.17) is 9.47 Å². The zero-order chi connectivity index (χ0) is 21.5. The van der Waals surface area contributed by atoms with Crippen LogP contribution in [0.2, 0.25) is 0 Å². The number of esters is 2. The van der Waals surface area contributed by atoms with Crippen molar-refractivity contribution >= 4 is 11.9 Å². The SMILES string of the molecule is O=C(OC1CCCCC1)C12C3C=CC(C3)C1C1C3C=CC(C3)C12C(=O)OC1CCCCC1. The second-order valence-corrected chi connectivity index (χ2v) is 11.9. The highest BCUT2D eigenvalue weighted by molar-refractivity contribution is 5.95. The zero-order valence-electron chi connectivity index (χ0n) is 19.0. The minimum Gasteiger partial charge on any atom is -0.462 e. The average Bonchev–Trinajstić information content (AvgIpc) is 3.55. The summed E-state index contributed by atoms with van der Waals surface area (Å²) in [6.07, 6.45) is 22.3. The number of hydrogen-bond donors (Lipinski definition) is 0. The van der Waals surface area contributed by atoms with E-state index < -0.39 is 10.8 Å². The second-order valence-electron chi connectivity index (χ2n) is 11.9. The highest BCUT2D eigenvalue weighted by atomic mass is 16.6. The first-order valence-corrected chi connectivity index (χ1v) is 13.5. The predicted octanol–water partition coefficient (Wildman–Crippen LogP) is 5.37. The summed E-state index contributed by atoms with van der Waals surface area (Å²) in [7, 11) is 0. The first-order chi connectivity index (χ1) is 15.7. The molecule has 32 heavy (non-hydrogen) atoms. The summed E-state index contributed by atoms with van der Waals surface area (Å²) in [4.78, 5) is 28.4. The zero-order valence-corrected chi connectivity index (χ0v) is 19.0. The molecule has 0 aromatic heterocycles. The van der Waals surface area contributed by atoms with Crippen molar-refractivity contribution in [3.05, 3.63) is 24.3 Å². The molecular weight excluding hydrogens is 400 g/mol. The summed E-state index contributed by atoms with van der Waals surface area (Å²) in [6.45, 7) is 0. The fourth-order valence-corrected chi connectivity index (χ4v) is 9.78. The van der Waals surface area contributed by atoms with Gasteiger partial charge in [0.05, 0.1) is 10.8 Å². The first-order valence-electron chi connectivity index (χ1n) is 13.5. The molecule has 0 aromatic rings. The van der Waals surface area contributed by atoms with E-state index in [-0.39, 0.29) is 47.8 Å². The minimum absolute atomic E-state index is 0.0361. The molecule has 0 radical (unpaired) electrons. The minimum atomic E-state index is -0.690. The van der Waals surface area contributed by atoms with Gasteiger partial charge in [0.1, 0.15) is 12.2 Å². The molecule has 0 spiro atoms. The molecule has 0 heterocycles. The molecule has 4 heteroatoms. The van der Waals surface area contributed by atoms with Gasteiger partial charge >= 0.3 is 11.9 Å². The van der Waals surface area contributed by atoms with Gasteiger partial charge in [0.2, 0.25) is 0 Å². The Morgan fingerprint density at radius 2 is 1.00 bits per heavy atom. The molecule has 4 bridgehead atoms. The van der Waals surface area contributed by atoms with Crippen LogP contribution in [0.5, 0.6) is 0 Å². The predicted molar refractivity (Wildman–Crippen MR) is 119 cm³/mol. The molecule has 7 aliphatic rings. The number of rotatable bonds is 4. The van der Waals surface area contributed by atoms with Crippen LogP contribution in [0.4, 0.5) is 0 Å². The van der Waals surface area contributed by atoms with Crippen LogP contribution in [0.25, 0.3) is 0 Å². The molecule has 5 fully saturated rings. The largest absolute Gasteiger partial charge is 0.462 e. The number of allylic oxidation sites excluding steroid dienone is 4. The summed E-state index contributed by atoms with van der Waals surface area (Å²) in [5.74, 6) is 1.53. The van der Waals surface area contributed by atoms with Gasteiger partial charge in [-0.05, 0) is 99.7 Å². The van der Waals surface area contributed by atoms with E-state index >= 15 is 0 Å². The summed E-state index contributed by atoms with van der Waals surface area (Å²) < 4.78 is 12.7. The Labute approximate surface area is 191 Å². The van der Waals surface area contributed by atoms with Gasteiger partial charge in [0, 0.05) is 0 Å². The fraction of sp³-hybridized carbons (Fsp3) is 0.786. The number of hydrogen-bond acceptors (Lipinski definition) is 4. The summed E-state index contributed by atoms with van der Waals surface area (Å²) in [6, 6.07) is 0. The van der Waals surface area contributed by atoms with E-state index in [0.29, 0.717) is 11.8 Å². The lowest BCUT2D eigenvalue weighted by molar-refractivity contribution is -0.253. The van der Waals surface area contributed by atoms with Crippen molar-refractivity contribution in [3.63, 3.8) is 0 Å². The van der Waals surface area contributed by atoms with Crippen LogP contribution >= 0.6 is 0 Å². The Morgan fingerprint density at radius 3 is 1.41 bits per heavy atom. The van der Waals surface area contributed by atoms with Gasteiger partial charge in [-0.1, -0.05) is 37.1 Å². The van der Waals surface area contributed by atoms with Crippen LogP contribution < -0.4 is 0 Å². The van der Waals surface area contributed by atoms with E-state index in [1.807, 2.05) is 0 Å². The van der Waals surface area contributed by atoms with Gasteiger partial charge in [-0.15, -0.1) is 0 Å². The molecule has 7 rings (SSSR count). The molecule has 0 saturated heterocycles. The van der Waals surface area contributed by atoms with Crippen LogP contribution in [0.15, 0.2) is 24.3 Å². The quantitative estimate of drug-likeness (QED) is 0.439. The summed E-state index contributed by atoms with van der Waals surface area (Å²) in [5.41, 5.74) is -1.38. The Bertz CT molecular complexity index is 806. The van der Waals surface area contributed by atoms with Crippen LogP contribution in [-0.4, -0.2) is 24.1 Å². The Hall–Kier alpha value is -1.58. The Balaban J connectivity index is 1.28. The monoisotopic (exact) mass is 436 g/mol. The molecule has 8 atom stereocenters. The topological polar surface area (TPSA) is 52.6 Å². The van der Waals surface area contributed by atoms with Crippen molar-refractivity contribution in [2.24, 2.45) is 46.3 Å². The molecule has 0 N–H and O–H groups in total. The van der Waals surface area contributed by atoms with Crippen LogP contribution in [0, 0.1) is 46.3 Å². The summed E-state index contributed by atoms with van der Waals surface area (Å²) >= 11 is 0. The van der Waals surface area contributed by atoms with Crippen LogP contribution in [0.3, 0.4) is 0 Å². The average molecular weight is 437 g/mol. The van der Waals surface area contributed by atoms with Gasteiger partial charge in [0.15, 0.2) is 0 Å². The van der Waals surface area contributed by atoms with Crippen LogP contribution in [0.1, 0.15) is 77.0 Å². The molecule has 0 aromatic carbocycles. The van der Waals surface area contributed by atoms with Crippen molar-refractivity contribution in [2.75, 3.05) is 0 Å². The Kier molecular flexibility index (Phi) is 4.32. The number of carbonyl (C=O) groups is 2. The van der Waals surface area contributed by atoms with Gasteiger partial charge < -0.3 is 9.47 Å². The summed E-state index contributed by atoms with van der Waals surface area (Å²) in [5, 5.41) is 0. The molecule has 7 aliphatic carbocycles. The third-order valence-electron chi connectivity index (χ3n) is 10.8. The lowest BCUT2D eigenvalue weighted by Crippen LogP contribution is -2.75. The number of ether oxygens (including phenoxy) is 2. The van der Waals surface area contributed by atoms with Crippen molar-refractivity contribution in [2.45, 2.75) is 89.3 Å². The van der Waals surface area contributed by atoms with Gasteiger partial charge in [-0.25, -0.2) is 0 Å². The second kappa shape index (κ2) is 6.96. The highest BCUT2D eigenvalue weighted by Crippen LogP contribution is 2.85. The molecule has 5 saturated carbocycles. The van der Waals surface area contributed by atoms with E-state index in [2.05, 4.69) is 24.3 Å². The lowest BCUT2D eigenvalue weighted by atomic mass is 9.33. The molecule has 0 amide bonds. The molecule has 8 unspecified atom stereocenters.